The lowest BCUT2D eigenvalue weighted by molar-refractivity contribution is -0.0514. The zero-order valence-electron chi connectivity index (χ0n) is 17.3. The highest BCUT2D eigenvalue weighted by Gasteiger charge is 2.23. The molecule has 1 heterocycles. The molecule has 1 saturated heterocycles. The minimum atomic E-state index is -2.89. The number of nitrogens with one attached hydrogen (secondary N) is 2. The lowest BCUT2D eigenvalue weighted by atomic mass is 10.2. The Morgan fingerprint density at radius 2 is 2.00 bits per heavy atom. The van der Waals surface area contributed by atoms with Gasteiger partial charge in [-0.25, -0.2) is 0 Å². The van der Waals surface area contributed by atoms with Gasteiger partial charge in [-0.05, 0) is 43.2 Å². The molecule has 3 rings (SSSR count). The molecular weight excluding hydrogens is 390 g/mol. The fourth-order valence-corrected chi connectivity index (χ4v) is 3.45. The van der Waals surface area contributed by atoms with Gasteiger partial charge in [-0.3, -0.25) is 4.99 Å². The van der Waals surface area contributed by atoms with E-state index in [4.69, 9.17) is 4.74 Å². The summed E-state index contributed by atoms with van der Waals surface area (Å²) in [7, 11) is 1.73. The van der Waals surface area contributed by atoms with Crippen LogP contribution in [0.5, 0.6) is 11.5 Å². The Balaban J connectivity index is 1.55. The van der Waals surface area contributed by atoms with Gasteiger partial charge in [0.2, 0.25) is 0 Å². The second-order valence-electron chi connectivity index (χ2n) is 6.93. The molecule has 0 saturated carbocycles. The number of guanidine groups is 1. The van der Waals surface area contributed by atoms with Gasteiger partial charge in [-0.1, -0.05) is 24.3 Å². The molecule has 2 aromatic carbocycles. The maximum atomic E-state index is 12.6. The number of alkyl halides is 2. The number of nitrogens with zero attached hydrogens (tertiary/aromatic N) is 2. The Morgan fingerprint density at radius 3 is 2.70 bits per heavy atom. The monoisotopic (exact) mass is 418 g/mol. The number of aliphatic imine (C=N–C) groups is 1. The van der Waals surface area contributed by atoms with Crippen molar-refractivity contribution in [2.75, 3.05) is 31.6 Å². The van der Waals surface area contributed by atoms with Crippen molar-refractivity contribution in [3.05, 3.63) is 54.1 Å². The number of hydrogen-bond donors (Lipinski definition) is 2. The van der Waals surface area contributed by atoms with E-state index < -0.39 is 6.61 Å². The molecule has 2 aromatic rings. The minimum absolute atomic E-state index is 0.0325. The van der Waals surface area contributed by atoms with E-state index in [-0.39, 0.29) is 11.8 Å². The standard InChI is InChI=1S/C22H28F2N4O2/c1-3-29-20-13-16(9-10-19(20)30-21(23)24)14-26-22(25-2)27-17-11-12-28(15-17)18-7-5-4-6-8-18/h4-10,13,17,21H,3,11-12,14-15H2,1-2H3,(H2,25,26,27). The molecule has 0 amide bonds. The normalized spacial score (nSPS) is 16.6. The first-order valence-corrected chi connectivity index (χ1v) is 10.1. The largest absolute Gasteiger partial charge is 0.490 e. The zero-order valence-corrected chi connectivity index (χ0v) is 17.3. The first-order valence-electron chi connectivity index (χ1n) is 10.1. The van der Waals surface area contributed by atoms with Crippen LogP contribution in [0.25, 0.3) is 0 Å². The molecule has 0 radical (unpaired) electrons. The maximum Gasteiger partial charge on any atom is 0.387 e. The molecule has 2 N–H and O–H groups in total. The highest BCUT2D eigenvalue weighted by Crippen LogP contribution is 2.30. The van der Waals surface area contributed by atoms with E-state index in [0.29, 0.717) is 24.9 Å². The molecule has 1 aliphatic rings. The van der Waals surface area contributed by atoms with Crippen molar-refractivity contribution >= 4 is 11.6 Å². The predicted octanol–water partition coefficient (Wildman–Crippen LogP) is 3.63. The Bertz CT molecular complexity index is 833. The smallest absolute Gasteiger partial charge is 0.387 e. The fraction of sp³-hybridized carbons (Fsp3) is 0.409. The SMILES string of the molecule is CCOc1cc(CNC(=NC)NC2CCN(c3ccccc3)C2)ccc1OC(F)F. The summed E-state index contributed by atoms with van der Waals surface area (Å²) in [5.74, 6) is 1.03. The number of anilines is 1. The lowest BCUT2D eigenvalue weighted by Gasteiger charge is -2.20. The van der Waals surface area contributed by atoms with E-state index in [1.165, 1.54) is 11.8 Å². The second-order valence-corrected chi connectivity index (χ2v) is 6.93. The molecular formula is C22H28F2N4O2. The van der Waals surface area contributed by atoms with E-state index in [9.17, 15) is 8.78 Å². The number of ether oxygens (including phenoxy) is 2. The number of benzene rings is 2. The molecule has 0 aromatic heterocycles. The third-order valence-electron chi connectivity index (χ3n) is 4.86. The highest BCUT2D eigenvalue weighted by molar-refractivity contribution is 5.80. The summed E-state index contributed by atoms with van der Waals surface area (Å²) in [5, 5.41) is 6.73. The van der Waals surface area contributed by atoms with Crippen molar-refractivity contribution in [1.82, 2.24) is 10.6 Å². The van der Waals surface area contributed by atoms with Crippen LogP contribution in [-0.4, -0.2) is 45.4 Å². The van der Waals surface area contributed by atoms with Crippen molar-refractivity contribution in [1.29, 1.82) is 0 Å². The summed E-state index contributed by atoms with van der Waals surface area (Å²) in [6, 6.07) is 15.6. The van der Waals surface area contributed by atoms with Crippen molar-refractivity contribution in [3.63, 3.8) is 0 Å². The van der Waals surface area contributed by atoms with Crippen molar-refractivity contribution < 1.29 is 18.3 Å². The fourth-order valence-electron chi connectivity index (χ4n) is 3.45. The van der Waals surface area contributed by atoms with Crippen LogP contribution in [0.3, 0.4) is 0 Å². The number of halogens is 2. The maximum absolute atomic E-state index is 12.6. The van der Waals surface area contributed by atoms with E-state index in [1.807, 2.05) is 18.2 Å². The number of hydrogen-bond acceptors (Lipinski definition) is 4. The second kappa shape index (κ2) is 10.7. The van der Waals surface area contributed by atoms with Crippen LogP contribution in [0.1, 0.15) is 18.9 Å². The highest BCUT2D eigenvalue weighted by atomic mass is 19.3. The average molecular weight is 418 g/mol. The van der Waals surface area contributed by atoms with Gasteiger partial charge >= 0.3 is 6.61 Å². The summed E-state index contributed by atoms with van der Waals surface area (Å²) in [4.78, 5) is 6.65. The van der Waals surface area contributed by atoms with Crippen LogP contribution in [0.15, 0.2) is 53.5 Å². The van der Waals surface area contributed by atoms with Crippen LogP contribution < -0.4 is 25.0 Å². The van der Waals surface area contributed by atoms with Gasteiger partial charge in [0.1, 0.15) is 0 Å². The molecule has 1 fully saturated rings. The molecule has 0 bridgehead atoms. The molecule has 162 valence electrons. The molecule has 30 heavy (non-hydrogen) atoms. The van der Waals surface area contributed by atoms with Gasteiger partial charge in [-0.15, -0.1) is 0 Å². The van der Waals surface area contributed by atoms with Crippen molar-refractivity contribution in [3.8, 4) is 11.5 Å². The van der Waals surface area contributed by atoms with Crippen molar-refractivity contribution in [2.24, 2.45) is 4.99 Å². The molecule has 6 nitrogen and oxygen atoms in total. The molecule has 0 spiro atoms. The summed E-state index contributed by atoms with van der Waals surface area (Å²) in [5.41, 5.74) is 2.10. The Hall–Kier alpha value is -3.03. The summed E-state index contributed by atoms with van der Waals surface area (Å²) in [6.45, 7) is 1.63. The van der Waals surface area contributed by atoms with Crippen LogP contribution in [-0.2, 0) is 6.54 Å². The third-order valence-corrected chi connectivity index (χ3v) is 4.86. The Morgan fingerprint density at radius 1 is 1.20 bits per heavy atom. The number of para-hydroxylation sites is 1. The molecule has 1 atom stereocenters. The molecule has 8 heteroatoms. The molecule has 0 aliphatic carbocycles. The van der Waals surface area contributed by atoms with E-state index >= 15 is 0 Å². The summed E-state index contributed by atoms with van der Waals surface area (Å²) < 4.78 is 35.1. The Kier molecular flexibility index (Phi) is 7.70. The van der Waals surface area contributed by atoms with E-state index in [2.05, 4.69) is 37.4 Å². The van der Waals surface area contributed by atoms with Gasteiger partial charge < -0.3 is 25.0 Å². The van der Waals surface area contributed by atoms with Crippen LogP contribution in [0.4, 0.5) is 14.5 Å². The van der Waals surface area contributed by atoms with Gasteiger partial charge in [0.05, 0.1) is 6.61 Å². The minimum Gasteiger partial charge on any atom is -0.490 e. The lowest BCUT2D eigenvalue weighted by Crippen LogP contribution is -2.44. The van der Waals surface area contributed by atoms with Gasteiger partial charge in [-0.2, -0.15) is 8.78 Å². The van der Waals surface area contributed by atoms with E-state index in [0.717, 1.165) is 25.1 Å². The summed E-state index contributed by atoms with van der Waals surface area (Å²) in [6.07, 6.45) is 1.02. The Labute approximate surface area is 175 Å². The topological polar surface area (TPSA) is 58.1 Å². The van der Waals surface area contributed by atoms with Crippen molar-refractivity contribution in [2.45, 2.75) is 32.5 Å². The first kappa shape index (κ1) is 21.7. The first-order chi connectivity index (χ1) is 14.6. The van der Waals surface area contributed by atoms with Gasteiger partial charge in [0.25, 0.3) is 0 Å². The van der Waals surface area contributed by atoms with Gasteiger partial charge in [0.15, 0.2) is 17.5 Å². The molecule has 1 aliphatic heterocycles. The predicted molar refractivity (Wildman–Crippen MR) is 115 cm³/mol. The summed E-state index contributed by atoms with van der Waals surface area (Å²) >= 11 is 0. The third kappa shape index (κ3) is 5.98. The quantitative estimate of drug-likeness (QED) is 0.507. The zero-order chi connectivity index (χ0) is 21.3. The van der Waals surface area contributed by atoms with Crippen LogP contribution in [0, 0.1) is 0 Å². The average Bonchev–Trinajstić information content (AvgIpc) is 3.22. The molecule has 1 unspecified atom stereocenters. The van der Waals surface area contributed by atoms with Crippen LogP contribution >= 0.6 is 0 Å². The van der Waals surface area contributed by atoms with Gasteiger partial charge in [0, 0.05) is 38.4 Å². The number of rotatable bonds is 8. The van der Waals surface area contributed by atoms with E-state index in [1.54, 1.807) is 26.1 Å². The van der Waals surface area contributed by atoms with Crippen LogP contribution in [0.2, 0.25) is 0 Å².